The number of nitrogens with zero attached hydrogens (tertiary/aromatic N) is 2. The fourth-order valence-corrected chi connectivity index (χ4v) is 3.20. The van der Waals surface area contributed by atoms with Gasteiger partial charge in [0.25, 0.3) is 0 Å². The monoisotopic (exact) mass is 338 g/mol. The van der Waals surface area contributed by atoms with Crippen molar-refractivity contribution in [3.05, 3.63) is 0 Å². The first-order chi connectivity index (χ1) is 11.5. The lowest BCUT2D eigenvalue weighted by Gasteiger charge is -2.39. The zero-order valence-corrected chi connectivity index (χ0v) is 15.5. The molecule has 24 heavy (non-hydrogen) atoms. The van der Waals surface area contributed by atoms with Crippen molar-refractivity contribution in [1.82, 2.24) is 20.4 Å². The molecule has 1 heterocycles. The SMILES string of the molecule is CC(C)C(CNC(=O)CCCNC(=O)C1CC1)N1CCN(C)CC1. The third-order valence-electron chi connectivity index (χ3n) is 5.11. The van der Waals surface area contributed by atoms with E-state index in [1.807, 2.05) is 0 Å². The molecule has 1 atom stereocenters. The van der Waals surface area contributed by atoms with Crippen molar-refractivity contribution < 1.29 is 9.59 Å². The Morgan fingerprint density at radius 1 is 1.08 bits per heavy atom. The number of nitrogens with one attached hydrogen (secondary N) is 2. The predicted molar refractivity (Wildman–Crippen MR) is 95.7 cm³/mol. The summed E-state index contributed by atoms with van der Waals surface area (Å²) in [4.78, 5) is 28.4. The van der Waals surface area contributed by atoms with Crippen molar-refractivity contribution in [2.24, 2.45) is 11.8 Å². The Morgan fingerprint density at radius 2 is 1.75 bits per heavy atom. The summed E-state index contributed by atoms with van der Waals surface area (Å²) >= 11 is 0. The molecule has 6 heteroatoms. The van der Waals surface area contributed by atoms with E-state index in [2.05, 4.69) is 41.3 Å². The van der Waals surface area contributed by atoms with Gasteiger partial charge in [0.05, 0.1) is 0 Å². The first kappa shape index (κ1) is 19.2. The first-order valence-electron chi connectivity index (χ1n) is 9.44. The quantitative estimate of drug-likeness (QED) is 0.607. The molecular weight excluding hydrogens is 304 g/mol. The van der Waals surface area contributed by atoms with Gasteiger partial charge >= 0.3 is 0 Å². The molecule has 138 valence electrons. The molecule has 6 nitrogen and oxygen atoms in total. The molecule has 2 rings (SSSR count). The van der Waals surface area contributed by atoms with E-state index in [-0.39, 0.29) is 17.7 Å². The Bertz CT molecular complexity index is 415. The van der Waals surface area contributed by atoms with Crippen LogP contribution in [0.25, 0.3) is 0 Å². The van der Waals surface area contributed by atoms with Gasteiger partial charge in [0.1, 0.15) is 0 Å². The molecule has 0 radical (unpaired) electrons. The molecule has 0 aromatic rings. The van der Waals surface area contributed by atoms with E-state index in [1.54, 1.807) is 0 Å². The van der Waals surface area contributed by atoms with E-state index in [0.717, 1.165) is 39.0 Å². The van der Waals surface area contributed by atoms with Crippen LogP contribution in [0.5, 0.6) is 0 Å². The first-order valence-corrected chi connectivity index (χ1v) is 9.44. The van der Waals surface area contributed by atoms with Gasteiger partial charge in [-0.1, -0.05) is 13.8 Å². The molecule has 0 spiro atoms. The number of piperazine rings is 1. The number of rotatable bonds is 9. The fraction of sp³-hybridized carbons (Fsp3) is 0.889. The van der Waals surface area contributed by atoms with Crippen molar-refractivity contribution in [3.8, 4) is 0 Å². The Kier molecular flexibility index (Phi) is 7.49. The lowest BCUT2D eigenvalue weighted by molar-refractivity contribution is -0.123. The van der Waals surface area contributed by atoms with Crippen LogP contribution in [0.1, 0.15) is 39.5 Å². The molecule has 2 fully saturated rings. The maximum absolute atomic E-state index is 12.0. The van der Waals surface area contributed by atoms with Gasteiger partial charge in [-0.2, -0.15) is 0 Å². The maximum atomic E-state index is 12.0. The third-order valence-corrected chi connectivity index (χ3v) is 5.11. The van der Waals surface area contributed by atoms with E-state index in [9.17, 15) is 9.59 Å². The van der Waals surface area contributed by atoms with Gasteiger partial charge in [-0.15, -0.1) is 0 Å². The topological polar surface area (TPSA) is 64.7 Å². The van der Waals surface area contributed by atoms with E-state index in [4.69, 9.17) is 0 Å². The van der Waals surface area contributed by atoms with Gasteiger partial charge in [0, 0.05) is 57.6 Å². The number of likely N-dealkylation sites (N-methyl/N-ethyl adjacent to an activating group) is 1. The van der Waals surface area contributed by atoms with Gasteiger partial charge in [0.2, 0.25) is 11.8 Å². The highest BCUT2D eigenvalue weighted by molar-refractivity contribution is 5.81. The van der Waals surface area contributed by atoms with Gasteiger partial charge in [-0.05, 0) is 32.2 Å². The molecule has 1 saturated carbocycles. The normalized spacial score (nSPS) is 20.8. The average Bonchev–Trinajstić information content (AvgIpc) is 3.38. The third kappa shape index (κ3) is 6.40. The molecule has 1 unspecified atom stereocenters. The lowest BCUT2D eigenvalue weighted by atomic mass is 10.0. The van der Waals surface area contributed by atoms with Crippen LogP contribution in [-0.4, -0.2) is 74.0 Å². The second-order valence-corrected chi connectivity index (χ2v) is 7.62. The van der Waals surface area contributed by atoms with Crippen LogP contribution >= 0.6 is 0 Å². The highest BCUT2D eigenvalue weighted by Gasteiger charge is 2.29. The zero-order valence-electron chi connectivity index (χ0n) is 15.5. The van der Waals surface area contributed by atoms with Crippen molar-refractivity contribution >= 4 is 11.8 Å². The van der Waals surface area contributed by atoms with Crippen molar-refractivity contribution in [2.45, 2.75) is 45.6 Å². The Morgan fingerprint density at radius 3 is 2.33 bits per heavy atom. The summed E-state index contributed by atoms with van der Waals surface area (Å²) in [5.74, 6) is 1.02. The lowest BCUT2D eigenvalue weighted by Crippen LogP contribution is -2.54. The van der Waals surface area contributed by atoms with Crippen LogP contribution in [0.15, 0.2) is 0 Å². The Hall–Kier alpha value is -1.14. The molecule has 2 amide bonds. The summed E-state index contributed by atoms with van der Waals surface area (Å²) in [6.45, 7) is 10.1. The van der Waals surface area contributed by atoms with E-state index in [1.165, 1.54) is 0 Å². The summed E-state index contributed by atoms with van der Waals surface area (Å²) in [7, 11) is 2.16. The molecule has 0 bridgehead atoms. The van der Waals surface area contributed by atoms with Crippen LogP contribution in [-0.2, 0) is 9.59 Å². The largest absolute Gasteiger partial charge is 0.356 e. The highest BCUT2D eigenvalue weighted by atomic mass is 16.2. The summed E-state index contributed by atoms with van der Waals surface area (Å²) in [5, 5.41) is 6.00. The summed E-state index contributed by atoms with van der Waals surface area (Å²) in [6.07, 6.45) is 3.24. The predicted octanol–water partition coefficient (Wildman–Crippen LogP) is 0.681. The van der Waals surface area contributed by atoms with Crippen LogP contribution in [0.4, 0.5) is 0 Å². The smallest absolute Gasteiger partial charge is 0.223 e. The molecule has 0 aromatic carbocycles. The number of carbonyl (C=O) groups excluding carboxylic acids is 2. The second kappa shape index (κ2) is 9.37. The van der Waals surface area contributed by atoms with Gasteiger partial charge in [0.15, 0.2) is 0 Å². The minimum absolute atomic E-state index is 0.0930. The average molecular weight is 338 g/mol. The number of amides is 2. The Labute approximate surface area is 146 Å². The van der Waals surface area contributed by atoms with Crippen molar-refractivity contribution in [2.75, 3.05) is 46.3 Å². The van der Waals surface area contributed by atoms with Crippen LogP contribution in [0, 0.1) is 11.8 Å². The zero-order chi connectivity index (χ0) is 17.5. The van der Waals surface area contributed by atoms with E-state index in [0.29, 0.717) is 37.9 Å². The summed E-state index contributed by atoms with van der Waals surface area (Å²) in [6, 6.07) is 0.400. The maximum Gasteiger partial charge on any atom is 0.223 e. The van der Waals surface area contributed by atoms with Gasteiger partial charge < -0.3 is 15.5 Å². The highest BCUT2D eigenvalue weighted by Crippen LogP contribution is 2.28. The second-order valence-electron chi connectivity index (χ2n) is 7.62. The van der Waals surface area contributed by atoms with Gasteiger partial charge in [-0.25, -0.2) is 0 Å². The van der Waals surface area contributed by atoms with Crippen LogP contribution < -0.4 is 10.6 Å². The van der Waals surface area contributed by atoms with Gasteiger partial charge in [-0.3, -0.25) is 14.5 Å². The number of hydrogen-bond acceptors (Lipinski definition) is 4. The summed E-state index contributed by atoms with van der Waals surface area (Å²) < 4.78 is 0. The molecule has 1 aliphatic heterocycles. The summed E-state index contributed by atoms with van der Waals surface area (Å²) in [5.41, 5.74) is 0. The van der Waals surface area contributed by atoms with E-state index >= 15 is 0 Å². The minimum Gasteiger partial charge on any atom is -0.356 e. The molecule has 1 aliphatic carbocycles. The van der Waals surface area contributed by atoms with Crippen molar-refractivity contribution in [3.63, 3.8) is 0 Å². The van der Waals surface area contributed by atoms with Crippen LogP contribution in [0.2, 0.25) is 0 Å². The Balaban J connectivity index is 1.61. The van der Waals surface area contributed by atoms with Crippen molar-refractivity contribution in [1.29, 1.82) is 0 Å². The fourth-order valence-electron chi connectivity index (χ4n) is 3.20. The van der Waals surface area contributed by atoms with Crippen LogP contribution in [0.3, 0.4) is 0 Å². The van der Waals surface area contributed by atoms with E-state index < -0.39 is 0 Å². The molecule has 2 aliphatic rings. The standard InChI is InChI=1S/C18H34N4O2/c1-14(2)16(22-11-9-21(3)10-12-22)13-20-17(23)5-4-8-19-18(24)15-6-7-15/h14-16H,4-13H2,1-3H3,(H,19,24)(H,20,23). The number of carbonyl (C=O) groups is 2. The number of hydrogen-bond donors (Lipinski definition) is 2. The molecular formula is C18H34N4O2. The molecule has 1 saturated heterocycles. The molecule has 2 N–H and O–H groups in total. The molecule has 0 aromatic heterocycles. The minimum atomic E-state index is 0.0930.